The molecule has 0 aromatic rings. The minimum atomic E-state index is -0.0754. The third kappa shape index (κ3) is 5.97. The summed E-state index contributed by atoms with van der Waals surface area (Å²) in [7, 11) is 3.26. The second-order valence-corrected chi connectivity index (χ2v) is 1.83. The van der Waals surface area contributed by atoms with Crippen LogP contribution in [-0.4, -0.2) is 27.1 Å². The number of hydrogen-bond donors (Lipinski definition) is 2. The van der Waals surface area contributed by atoms with Crippen molar-refractivity contribution in [2.24, 2.45) is 5.73 Å². The second-order valence-electron chi connectivity index (χ2n) is 1.83. The summed E-state index contributed by atoms with van der Waals surface area (Å²) in [6.07, 6.45) is 1.75. The number of ether oxygens (including phenoxy) is 2. The Hall–Kier alpha value is -0.160. The first-order chi connectivity index (χ1) is 4.35. The Morgan fingerprint density at radius 1 is 1.30 bits per heavy atom. The van der Waals surface area contributed by atoms with Gasteiger partial charge in [-0.15, -0.1) is 0 Å². The third-order valence-electron chi connectivity index (χ3n) is 1.17. The highest BCUT2D eigenvalue weighted by atomic mass is 16.7. The van der Waals surface area contributed by atoms with Crippen molar-refractivity contribution in [3.05, 3.63) is 0 Å². The van der Waals surface area contributed by atoms with Crippen LogP contribution < -0.4 is 11.9 Å². The number of nitrogens with two attached hydrogens (primary N) is 1. The Kier molecular flexibility index (Phi) is 11.1. The van der Waals surface area contributed by atoms with Gasteiger partial charge in [0.15, 0.2) is 6.29 Å². The van der Waals surface area contributed by atoms with E-state index in [4.69, 9.17) is 15.2 Å². The average Bonchev–Trinajstić information content (AvgIpc) is 1.91. The monoisotopic (exact) mass is 150 g/mol. The van der Waals surface area contributed by atoms with Crippen LogP contribution in [0.2, 0.25) is 0 Å². The van der Waals surface area contributed by atoms with Crippen LogP contribution in [0.5, 0.6) is 0 Å². The SMILES string of the molecule is COC(CCCN)OC.N. The number of methoxy groups -OCH3 is 2. The van der Waals surface area contributed by atoms with E-state index in [9.17, 15) is 0 Å². The van der Waals surface area contributed by atoms with Crippen molar-refractivity contribution in [2.45, 2.75) is 19.1 Å². The standard InChI is InChI=1S/C6H15NO2.H3N/c1-8-6(9-2)4-3-5-7;/h6H,3-5,7H2,1-2H3;1H3. The first-order valence-electron chi connectivity index (χ1n) is 3.10. The smallest absolute Gasteiger partial charge is 0.156 e. The van der Waals surface area contributed by atoms with Crippen molar-refractivity contribution in [3.8, 4) is 0 Å². The van der Waals surface area contributed by atoms with Crippen molar-refractivity contribution in [1.82, 2.24) is 6.15 Å². The summed E-state index contributed by atoms with van der Waals surface area (Å²) >= 11 is 0. The lowest BCUT2D eigenvalue weighted by Gasteiger charge is -2.11. The molecule has 64 valence electrons. The van der Waals surface area contributed by atoms with E-state index < -0.39 is 0 Å². The first-order valence-corrected chi connectivity index (χ1v) is 3.10. The van der Waals surface area contributed by atoms with Gasteiger partial charge in [-0.2, -0.15) is 0 Å². The maximum Gasteiger partial charge on any atom is 0.156 e. The van der Waals surface area contributed by atoms with E-state index in [1.165, 1.54) is 0 Å². The van der Waals surface area contributed by atoms with E-state index in [0.29, 0.717) is 6.54 Å². The molecule has 0 radical (unpaired) electrons. The number of rotatable bonds is 5. The van der Waals surface area contributed by atoms with Crippen molar-refractivity contribution < 1.29 is 9.47 Å². The molecule has 0 saturated carbocycles. The quantitative estimate of drug-likeness (QED) is 0.559. The Bertz CT molecular complexity index is 57.7. The molecule has 0 aliphatic carbocycles. The van der Waals surface area contributed by atoms with Crippen LogP contribution in [0.15, 0.2) is 0 Å². The molecule has 0 unspecified atom stereocenters. The summed E-state index contributed by atoms with van der Waals surface area (Å²) in [5.41, 5.74) is 5.28. The van der Waals surface area contributed by atoms with Gasteiger partial charge in [-0.05, 0) is 19.4 Å². The average molecular weight is 150 g/mol. The molecule has 4 nitrogen and oxygen atoms in total. The minimum Gasteiger partial charge on any atom is -0.356 e. The molecule has 0 atom stereocenters. The predicted molar refractivity (Wildman–Crippen MR) is 41.1 cm³/mol. The minimum absolute atomic E-state index is 0. The molecule has 0 fully saturated rings. The predicted octanol–water partition coefficient (Wildman–Crippen LogP) is 0.506. The van der Waals surface area contributed by atoms with Crippen molar-refractivity contribution in [1.29, 1.82) is 0 Å². The summed E-state index contributed by atoms with van der Waals surface area (Å²) in [4.78, 5) is 0. The van der Waals surface area contributed by atoms with E-state index in [-0.39, 0.29) is 12.4 Å². The molecule has 0 spiro atoms. The fraction of sp³-hybridized carbons (Fsp3) is 1.00. The molecule has 0 aliphatic rings. The highest BCUT2D eigenvalue weighted by Gasteiger charge is 2.01. The van der Waals surface area contributed by atoms with Crippen LogP contribution in [0.25, 0.3) is 0 Å². The van der Waals surface area contributed by atoms with Crippen LogP contribution in [0.1, 0.15) is 12.8 Å². The van der Waals surface area contributed by atoms with Gasteiger partial charge in [0, 0.05) is 14.2 Å². The zero-order valence-corrected chi connectivity index (χ0v) is 6.80. The third-order valence-corrected chi connectivity index (χ3v) is 1.17. The van der Waals surface area contributed by atoms with Crippen molar-refractivity contribution >= 4 is 0 Å². The topological polar surface area (TPSA) is 79.5 Å². The van der Waals surface area contributed by atoms with Gasteiger partial charge in [-0.25, -0.2) is 0 Å². The number of hydrogen-bond acceptors (Lipinski definition) is 4. The molecule has 0 aromatic heterocycles. The summed E-state index contributed by atoms with van der Waals surface area (Å²) in [5.74, 6) is 0. The molecule has 0 aliphatic heterocycles. The van der Waals surface area contributed by atoms with E-state index >= 15 is 0 Å². The maximum atomic E-state index is 5.28. The summed E-state index contributed by atoms with van der Waals surface area (Å²) < 4.78 is 9.85. The molecule has 0 saturated heterocycles. The van der Waals surface area contributed by atoms with Gasteiger partial charge in [-0.3, -0.25) is 0 Å². The van der Waals surface area contributed by atoms with Crippen LogP contribution in [0.3, 0.4) is 0 Å². The van der Waals surface area contributed by atoms with Crippen molar-refractivity contribution in [3.63, 3.8) is 0 Å². The Balaban J connectivity index is 0. The van der Waals surface area contributed by atoms with Crippen LogP contribution in [0.4, 0.5) is 0 Å². The maximum absolute atomic E-state index is 5.28. The van der Waals surface area contributed by atoms with Crippen LogP contribution >= 0.6 is 0 Å². The lowest BCUT2D eigenvalue weighted by molar-refractivity contribution is -0.106. The van der Waals surface area contributed by atoms with E-state index in [2.05, 4.69) is 0 Å². The second kappa shape index (κ2) is 8.84. The summed E-state index contributed by atoms with van der Waals surface area (Å²) in [5, 5.41) is 0. The van der Waals surface area contributed by atoms with E-state index in [1.807, 2.05) is 0 Å². The van der Waals surface area contributed by atoms with Gasteiger partial charge >= 0.3 is 0 Å². The molecule has 4 heteroatoms. The molecule has 10 heavy (non-hydrogen) atoms. The molecule has 0 bridgehead atoms. The highest BCUT2D eigenvalue weighted by molar-refractivity contribution is 4.44. The lowest BCUT2D eigenvalue weighted by atomic mass is 10.3. The molecular formula is C6H18N2O2. The lowest BCUT2D eigenvalue weighted by Crippen LogP contribution is -2.14. The summed E-state index contributed by atoms with van der Waals surface area (Å²) in [6.45, 7) is 0.698. The Morgan fingerprint density at radius 3 is 2.10 bits per heavy atom. The van der Waals surface area contributed by atoms with Gasteiger partial charge in [0.2, 0.25) is 0 Å². The van der Waals surface area contributed by atoms with Gasteiger partial charge in [-0.1, -0.05) is 0 Å². The Labute approximate surface area is 62.3 Å². The van der Waals surface area contributed by atoms with Gasteiger partial charge in [0.05, 0.1) is 0 Å². The van der Waals surface area contributed by atoms with E-state index in [0.717, 1.165) is 12.8 Å². The van der Waals surface area contributed by atoms with Gasteiger partial charge in [0.1, 0.15) is 0 Å². The Morgan fingerprint density at radius 2 is 1.80 bits per heavy atom. The first kappa shape index (κ1) is 12.5. The van der Waals surface area contributed by atoms with Crippen molar-refractivity contribution in [2.75, 3.05) is 20.8 Å². The molecule has 0 aromatic carbocycles. The molecule has 5 N–H and O–H groups in total. The summed E-state index contributed by atoms with van der Waals surface area (Å²) in [6, 6.07) is 0. The fourth-order valence-corrected chi connectivity index (χ4v) is 0.616. The van der Waals surface area contributed by atoms with Crippen LogP contribution in [-0.2, 0) is 9.47 Å². The van der Waals surface area contributed by atoms with Gasteiger partial charge < -0.3 is 21.4 Å². The van der Waals surface area contributed by atoms with Crippen LogP contribution in [0, 0.1) is 0 Å². The largest absolute Gasteiger partial charge is 0.356 e. The molecule has 0 heterocycles. The van der Waals surface area contributed by atoms with E-state index in [1.54, 1.807) is 14.2 Å². The molecular weight excluding hydrogens is 132 g/mol. The molecule has 0 amide bonds. The highest BCUT2D eigenvalue weighted by Crippen LogP contribution is 1.99. The fourth-order valence-electron chi connectivity index (χ4n) is 0.616. The normalized spacial score (nSPS) is 9.60. The molecule has 0 rings (SSSR count). The zero-order chi connectivity index (χ0) is 7.11. The zero-order valence-electron chi connectivity index (χ0n) is 6.80. The van der Waals surface area contributed by atoms with Gasteiger partial charge in [0.25, 0.3) is 0 Å².